The van der Waals surface area contributed by atoms with Crippen LogP contribution in [0.1, 0.15) is 35.7 Å². The van der Waals surface area contributed by atoms with Gasteiger partial charge < -0.3 is 10.6 Å². The maximum atomic E-state index is 13.7. The van der Waals surface area contributed by atoms with Gasteiger partial charge in [-0.15, -0.1) is 0 Å². The highest BCUT2D eigenvalue weighted by Crippen LogP contribution is 2.26. The maximum Gasteiger partial charge on any atom is 0.254 e. The van der Waals surface area contributed by atoms with E-state index >= 15 is 0 Å². The molecule has 1 fully saturated rings. The first-order valence-electron chi connectivity index (χ1n) is 6.75. The van der Waals surface area contributed by atoms with Crippen molar-refractivity contribution in [3.63, 3.8) is 0 Å². The van der Waals surface area contributed by atoms with Gasteiger partial charge in [-0.3, -0.25) is 4.79 Å². The number of piperidine rings is 1. The van der Waals surface area contributed by atoms with E-state index in [1.807, 2.05) is 0 Å². The second-order valence-corrected chi connectivity index (χ2v) is 5.73. The van der Waals surface area contributed by atoms with Crippen molar-refractivity contribution in [2.45, 2.75) is 26.7 Å². The van der Waals surface area contributed by atoms with Crippen LogP contribution in [-0.4, -0.2) is 25.5 Å². The van der Waals surface area contributed by atoms with E-state index in [9.17, 15) is 9.18 Å². The summed E-state index contributed by atoms with van der Waals surface area (Å²) >= 11 is 0. The fraction of sp³-hybridized carbons (Fsp3) is 0.533. The summed E-state index contributed by atoms with van der Waals surface area (Å²) in [4.78, 5) is 12.0. The topological polar surface area (TPSA) is 41.1 Å². The normalized spacial score (nSPS) is 18.1. The van der Waals surface area contributed by atoms with E-state index in [1.165, 1.54) is 6.07 Å². The van der Waals surface area contributed by atoms with Gasteiger partial charge in [0.25, 0.3) is 5.91 Å². The number of benzene rings is 1. The van der Waals surface area contributed by atoms with Crippen LogP contribution in [0.4, 0.5) is 4.39 Å². The Kier molecular flexibility index (Phi) is 4.20. The second-order valence-electron chi connectivity index (χ2n) is 5.73. The minimum atomic E-state index is -0.451. The van der Waals surface area contributed by atoms with Gasteiger partial charge in [0, 0.05) is 6.54 Å². The van der Waals surface area contributed by atoms with Gasteiger partial charge in [-0.25, -0.2) is 4.39 Å². The average Bonchev–Trinajstić information content (AvgIpc) is 2.37. The highest BCUT2D eigenvalue weighted by Gasteiger charge is 2.27. The van der Waals surface area contributed by atoms with Crippen molar-refractivity contribution in [2.75, 3.05) is 19.6 Å². The molecule has 0 atom stereocenters. The summed E-state index contributed by atoms with van der Waals surface area (Å²) in [5, 5.41) is 6.16. The van der Waals surface area contributed by atoms with E-state index in [2.05, 4.69) is 17.6 Å². The highest BCUT2D eigenvalue weighted by molar-refractivity contribution is 5.94. The molecule has 0 radical (unpaired) electrons. The Labute approximate surface area is 113 Å². The number of aryl methyl sites for hydroxylation is 1. The Morgan fingerprint density at radius 3 is 2.74 bits per heavy atom. The predicted octanol–water partition coefficient (Wildman–Crippen LogP) is 2.25. The Hall–Kier alpha value is -1.42. The summed E-state index contributed by atoms with van der Waals surface area (Å²) in [5.74, 6) is -0.773. The number of hydrogen-bond acceptors (Lipinski definition) is 2. The van der Waals surface area contributed by atoms with Gasteiger partial charge in [0.15, 0.2) is 0 Å². The second kappa shape index (κ2) is 5.70. The Bertz CT molecular complexity index is 467. The molecule has 0 aromatic heterocycles. The van der Waals surface area contributed by atoms with Crippen molar-refractivity contribution >= 4 is 5.91 Å². The molecular formula is C15H21FN2O. The number of halogens is 1. The lowest BCUT2D eigenvalue weighted by Crippen LogP contribution is -2.43. The molecule has 1 heterocycles. The summed E-state index contributed by atoms with van der Waals surface area (Å²) in [5.41, 5.74) is 1.06. The Balaban J connectivity index is 1.97. The monoisotopic (exact) mass is 264 g/mol. The predicted molar refractivity (Wildman–Crippen MR) is 73.7 cm³/mol. The van der Waals surface area contributed by atoms with E-state index in [-0.39, 0.29) is 16.9 Å². The van der Waals surface area contributed by atoms with Crippen molar-refractivity contribution in [2.24, 2.45) is 5.41 Å². The van der Waals surface area contributed by atoms with Gasteiger partial charge >= 0.3 is 0 Å². The lowest BCUT2D eigenvalue weighted by molar-refractivity contribution is 0.0918. The lowest BCUT2D eigenvalue weighted by Gasteiger charge is -2.34. The van der Waals surface area contributed by atoms with Crippen molar-refractivity contribution in [3.05, 3.63) is 35.1 Å². The average molecular weight is 264 g/mol. The van der Waals surface area contributed by atoms with E-state index in [0.29, 0.717) is 6.54 Å². The minimum Gasteiger partial charge on any atom is -0.351 e. The molecule has 2 N–H and O–H groups in total. The number of carbonyl (C=O) groups excluding carboxylic acids is 1. The van der Waals surface area contributed by atoms with Crippen LogP contribution < -0.4 is 10.6 Å². The van der Waals surface area contributed by atoms with Gasteiger partial charge in [0.05, 0.1) is 5.56 Å². The molecule has 1 aromatic rings. The standard InChI is InChI=1S/C15H21FN2O/c1-11-3-4-12(13(16)9-11)14(19)18-10-15(2)5-7-17-8-6-15/h3-4,9,17H,5-8,10H2,1-2H3,(H,18,19). The van der Waals surface area contributed by atoms with Crippen LogP contribution in [0.15, 0.2) is 18.2 Å². The molecule has 0 unspecified atom stereocenters. The Morgan fingerprint density at radius 2 is 2.11 bits per heavy atom. The van der Waals surface area contributed by atoms with Crippen LogP contribution in [0, 0.1) is 18.2 Å². The van der Waals surface area contributed by atoms with Gasteiger partial charge in [-0.2, -0.15) is 0 Å². The fourth-order valence-corrected chi connectivity index (χ4v) is 2.40. The first-order chi connectivity index (χ1) is 9.00. The molecule has 4 heteroatoms. The summed E-state index contributed by atoms with van der Waals surface area (Å²) in [6, 6.07) is 4.69. The smallest absolute Gasteiger partial charge is 0.254 e. The van der Waals surface area contributed by atoms with E-state index < -0.39 is 5.82 Å². The Morgan fingerprint density at radius 1 is 1.42 bits per heavy atom. The summed E-state index contributed by atoms with van der Waals surface area (Å²) in [6.07, 6.45) is 2.06. The van der Waals surface area contributed by atoms with E-state index in [0.717, 1.165) is 31.5 Å². The highest BCUT2D eigenvalue weighted by atomic mass is 19.1. The molecular weight excluding hydrogens is 243 g/mol. The lowest BCUT2D eigenvalue weighted by atomic mass is 9.81. The zero-order chi connectivity index (χ0) is 13.9. The van der Waals surface area contributed by atoms with Crippen LogP contribution >= 0.6 is 0 Å². The van der Waals surface area contributed by atoms with Crippen molar-refractivity contribution in [1.29, 1.82) is 0 Å². The maximum absolute atomic E-state index is 13.7. The zero-order valence-electron chi connectivity index (χ0n) is 11.6. The van der Waals surface area contributed by atoms with Crippen LogP contribution in [0.5, 0.6) is 0 Å². The van der Waals surface area contributed by atoms with Gasteiger partial charge in [0.1, 0.15) is 5.82 Å². The first-order valence-corrected chi connectivity index (χ1v) is 6.75. The van der Waals surface area contributed by atoms with Gasteiger partial charge in [-0.05, 0) is 56.0 Å². The molecule has 2 rings (SSSR count). The molecule has 1 aliphatic heterocycles. The number of hydrogen-bond donors (Lipinski definition) is 2. The number of rotatable bonds is 3. The number of nitrogens with one attached hydrogen (secondary N) is 2. The summed E-state index contributed by atoms with van der Waals surface area (Å²) in [6.45, 7) is 6.53. The third-order valence-electron chi connectivity index (χ3n) is 3.86. The van der Waals surface area contributed by atoms with Crippen molar-refractivity contribution in [3.8, 4) is 0 Å². The quantitative estimate of drug-likeness (QED) is 0.879. The number of carbonyl (C=O) groups is 1. The van der Waals surface area contributed by atoms with Crippen molar-refractivity contribution in [1.82, 2.24) is 10.6 Å². The minimum absolute atomic E-state index is 0.113. The van der Waals surface area contributed by atoms with Crippen LogP contribution in [0.2, 0.25) is 0 Å². The molecule has 0 saturated carbocycles. The van der Waals surface area contributed by atoms with Gasteiger partial charge in [0.2, 0.25) is 0 Å². The summed E-state index contributed by atoms with van der Waals surface area (Å²) < 4.78 is 13.7. The fourth-order valence-electron chi connectivity index (χ4n) is 2.40. The van der Waals surface area contributed by atoms with E-state index in [1.54, 1.807) is 19.1 Å². The van der Waals surface area contributed by atoms with Crippen LogP contribution in [-0.2, 0) is 0 Å². The zero-order valence-corrected chi connectivity index (χ0v) is 11.6. The third kappa shape index (κ3) is 3.53. The van der Waals surface area contributed by atoms with Gasteiger partial charge in [-0.1, -0.05) is 13.0 Å². The largest absolute Gasteiger partial charge is 0.351 e. The molecule has 1 aromatic carbocycles. The third-order valence-corrected chi connectivity index (χ3v) is 3.86. The van der Waals surface area contributed by atoms with Crippen LogP contribution in [0.3, 0.4) is 0 Å². The van der Waals surface area contributed by atoms with E-state index in [4.69, 9.17) is 0 Å². The molecule has 104 valence electrons. The molecule has 3 nitrogen and oxygen atoms in total. The van der Waals surface area contributed by atoms with Crippen molar-refractivity contribution < 1.29 is 9.18 Å². The molecule has 1 amide bonds. The SMILES string of the molecule is Cc1ccc(C(=O)NCC2(C)CCNCC2)c(F)c1. The first kappa shape index (κ1) is 14.0. The summed E-state index contributed by atoms with van der Waals surface area (Å²) in [7, 11) is 0. The molecule has 0 bridgehead atoms. The molecule has 19 heavy (non-hydrogen) atoms. The number of amides is 1. The molecule has 0 spiro atoms. The molecule has 0 aliphatic carbocycles. The molecule has 1 saturated heterocycles. The van der Waals surface area contributed by atoms with Crippen LogP contribution in [0.25, 0.3) is 0 Å². The molecule has 1 aliphatic rings.